The summed E-state index contributed by atoms with van der Waals surface area (Å²) in [6, 6.07) is 19.6. The van der Waals surface area contributed by atoms with Crippen molar-refractivity contribution in [3.63, 3.8) is 0 Å². The van der Waals surface area contributed by atoms with Crippen molar-refractivity contribution in [2.75, 3.05) is 7.05 Å². The van der Waals surface area contributed by atoms with E-state index in [2.05, 4.69) is 15.8 Å². The first-order valence-electron chi connectivity index (χ1n) is 9.68. The smallest absolute Gasteiger partial charge is 0.240 e. The molecule has 0 spiro atoms. The number of hydrogen-bond acceptors (Lipinski definition) is 5. The molecule has 2 aromatic carbocycles. The second kappa shape index (κ2) is 8.22. The van der Waals surface area contributed by atoms with Gasteiger partial charge in [0.15, 0.2) is 5.65 Å². The van der Waals surface area contributed by atoms with Gasteiger partial charge in [0.2, 0.25) is 10.0 Å². The number of aryl methyl sites for hydroxylation is 1. The lowest BCUT2D eigenvalue weighted by Gasteiger charge is -2.10. The van der Waals surface area contributed by atoms with Gasteiger partial charge in [-0.2, -0.15) is 5.26 Å². The van der Waals surface area contributed by atoms with E-state index in [9.17, 15) is 13.7 Å². The summed E-state index contributed by atoms with van der Waals surface area (Å²) in [5.41, 5.74) is 3.79. The van der Waals surface area contributed by atoms with Gasteiger partial charge >= 0.3 is 0 Å². The van der Waals surface area contributed by atoms with Crippen LogP contribution in [0.3, 0.4) is 0 Å². The number of nitrogens with one attached hydrogen (secondary N) is 1. The van der Waals surface area contributed by atoms with Gasteiger partial charge in [0.25, 0.3) is 0 Å². The number of sulfonamides is 1. The van der Waals surface area contributed by atoms with Crippen molar-refractivity contribution in [2.24, 2.45) is 0 Å². The summed E-state index contributed by atoms with van der Waals surface area (Å²) in [6.45, 7) is 2.02. The van der Waals surface area contributed by atoms with Gasteiger partial charge in [-0.05, 0) is 49.9 Å². The van der Waals surface area contributed by atoms with Gasteiger partial charge in [-0.15, -0.1) is 0 Å². The van der Waals surface area contributed by atoms with Crippen molar-refractivity contribution in [2.45, 2.75) is 18.2 Å². The maximum atomic E-state index is 12.1. The minimum absolute atomic E-state index is 0.128. The number of aromatic nitrogens is 2. The van der Waals surface area contributed by atoms with Gasteiger partial charge in [0.1, 0.15) is 17.6 Å². The summed E-state index contributed by atoms with van der Waals surface area (Å²) in [4.78, 5) is 4.79. The average molecular weight is 433 g/mol. The highest BCUT2D eigenvalue weighted by molar-refractivity contribution is 7.89. The summed E-state index contributed by atoms with van der Waals surface area (Å²) in [5.74, 6) is 0.971. The molecule has 1 N–H and O–H groups in total. The lowest BCUT2D eigenvalue weighted by molar-refractivity contribution is 0.481. The zero-order chi connectivity index (χ0) is 22.0. The van der Waals surface area contributed by atoms with Gasteiger partial charge in [-0.3, -0.25) is 4.40 Å². The fourth-order valence-electron chi connectivity index (χ4n) is 3.42. The molecule has 0 fully saturated rings. The molecule has 0 saturated heterocycles. The second-order valence-corrected chi connectivity index (χ2v) is 8.69. The number of nitrogens with zero attached hydrogens (tertiary/aromatic N) is 3. The van der Waals surface area contributed by atoms with Gasteiger partial charge in [-0.25, -0.2) is 18.1 Å². The molecule has 7 nitrogen and oxygen atoms in total. The maximum Gasteiger partial charge on any atom is 0.240 e. The molecule has 31 heavy (non-hydrogen) atoms. The Labute approximate surface area is 180 Å². The van der Waals surface area contributed by atoms with Gasteiger partial charge in [0, 0.05) is 17.8 Å². The van der Waals surface area contributed by atoms with Crippen LogP contribution in [0, 0.1) is 11.3 Å². The van der Waals surface area contributed by atoms with Crippen molar-refractivity contribution in [1.29, 1.82) is 5.26 Å². The zero-order valence-electron chi connectivity index (χ0n) is 17.0. The Morgan fingerprint density at radius 1 is 1.10 bits per heavy atom. The van der Waals surface area contributed by atoms with Crippen LogP contribution in [0.5, 0.6) is 11.5 Å². The van der Waals surface area contributed by atoms with Crippen molar-refractivity contribution in [3.05, 3.63) is 78.1 Å². The normalized spacial score (nSPS) is 11.4. The van der Waals surface area contributed by atoms with E-state index in [0.717, 1.165) is 17.0 Å². The Balaban J connectivity index is 1.76. The fourth-order valence-corrected chi connectivity index (χ4v) is 4.18. The van der Waals surface area contributed by atoms with Crippen LogP contribution in [0.15, 0.2) is 71.8 Å². The quantitative estimate of drug-likeness (QED) is 0.494. The van der Waals surface area contributed by atoms with E-state index in [-0.39, 0.29) is 4.90 Å². The number of rotatable bonds is 6. The van der Waals surface area contributed by atoms with Crippen LogP contribution in [0.4, 0.5) is 0 Å². The summed E-state index contributed by atoms with van der Waals surface area (Å²) >= 11 is 0. The number of benzene rings is 2. The minimum Gasteiger partial charge on any atom is -0.457 e. The first kappa shape index (κ1) is 20.6. The van der Waals surface area contributed by atoms with Crippen LogP contribution >= 0.6 is 0 Å². The highest BCUT2D eigenvalue weighted by Gasteiger charge is 2.16. The summed E-state index contributed by atoms with van der Waals surface area (Å²) in [7, 11) is -2.20. The first-order chi connectivity index (χ1) is 15.0. The topological polar surface area (TPSA) is 96.5 Å². The number of fused-ring (bicyclic) bond motifs is 1. The molecule has 4 aromatic rings. The van der Waals surface area contributed by atoms with Crippen LogP contribution in [0.2, 0.25) is 0 Å². The van der Waals surface area contributed by atoms with E-state index in [1.54, 1.807) is 24.3 Å². The molecule has 0 unspecified atom stereocenters. The molecular formula is C23H20N4O3S. The van der Waals surface area contributed by atoms with E-state index >= 15 is 0 Å². The Morgan fingerprint density at radius 2 is 1.84 bits per heavy atom. The molecular weight excluding hydrogens is 412 g/mol. The number of hydrogen-bond donors (Lipinski definition) is 1. The predicted octanol–water partition coefficient (Wildman–Crippen LogP) is 4.14. The van der Waals surface area contributed by atoms with Gasteiger partial charge in [0.05, 0.1) is 21.8 Å². The Kier molecular flexibility index (Phi) is 5.46. The van der Waals surface area contributed by atoms with Crippen LogP contribution in [0.25, 0.3) is 16.9 Å². The van der Waals surface area contributed by atoms with Crippen LogP contribution in [-0.2, 0) is 16.4 Å². The molecule has 2 heterocycles. The Hall–Kier alpha value is -3.67. The molecule has 0 aliphatic carbocycles. The molecule has 2 aromatic heterocycles. The standard InChI is InChI=1S/C23H20N4O3S/c1-3-21-22(27-12-6-8-17(15-24)23(27)26-21)16-7-4-9-18(13-16)30-19-10-5-11-20(14-19)31(28,29)25-2/h4-14,25H,3H2,1-2H3. The van der Waals surface area contributed by atoms with E-state index in [4.69, 9.17) is 4.74 Å². The van der Waals surface area contributed by atoms with Crippen LogP contribution < -0.4 is 9.46 Å². The largest absolute Gasteiger partial charge is 0.457 e. The predicted molar refractivity (Wildman–Crippen MR) is 117 cm³/mol. The third-order valence-corrected chi connectivity index (χ3v) is 6.32. The molecule has 0 amide bonds. The van der Waals surface area contributed by atoms with Crippen molar-refractivity contribution in [3.8, 4) is 28.8 Å². The Morgan fingerprint density at radius 3 is 2.55 bits per heavy atom. The highest BCUT2D eigenvalue weighted by Crippen LogP contribution is 2.31. The molecule has 0 atom stereocenters. The van der Waals surface area contributed by atoms with E-state index in [0.29, 0.717) is 29.1 Å². The third-order valence-electron chi connectivity index (χ3n) is 4.91. The molecule has 4 rings (SSSR count). The third kappa shape index (κ3) is 3.89. The van der Waals surface area contributed by atoms with E-state index in [1.165, 1.54) is 19.2 Å². The molecule has 0 bridgehead atoms. The Bertz CT molecular complexity index is 1420. The highest BCUT2D eigenvalue weighted by atomic mass is 32.2. The van der Waals surface area contributed by atoms with Crippen molar-refractivity contribution in [1.82, 2.24) is 14.1 Å². The van der Waals surface area contributed by atoms with E-state index < -0.39 is 10.0 Å². The molecule has 0 radical (unpaired) electrons. The number of imidazole rings is 1. The SMILES string of the molecule is CCc1nc2c(C#N)cccn2c1-c1cccc(Oc2cccc(S(=O)(=O)NC)c2)c1. The summed E-state index contributed by atoms with van der Waals surface area (Å²) in [6.07, 6.45) is 2.59. The molecule has 156 valence electrons. The number of ether oxygens (including phenoxy) is 1. The first-order valence-corrected chi connectivity index (χ1v) is 11.2. The number of nitriles is 1. The average Bonchev–Trinajstić information content (AvgIpc) is 3.18. The summed E-state index contributed by atoms with van der Waals surface area (Å²) < 4.78 is 34.3. The molecule has 0 saturated carbocycles. The molecule has 0 aliphatic rings. The van der Waals surface area contributed by atoms with E-state index in [1.807, 2.05) is 41.8 Å². The maximum absolute atomic E-state index is 12.1. The zero-order valence-corrected chi connectivity index (χ0v) is 17.8. The minimum atomic E-state index is -3.56. The monoisotopic (exact) mass is 432 g/mol. The molecule has 0 aliphatic heterocycles. The van der Waals surface area contributed by atoms with Crippen LogP contribution in [0.1, 0.15) is 18.2 Å². The van der Waals surface area contributed by atoms with Gasteiger partial charge < -0.3 is 4.74 Å². The summed E-state index contributed by atoms with van der Waals surface area (Å²) in [5, 5.41) is 9.41. The van der Waals surface area contributed by atoms with Gasteiger partial charge in [-0.1, -0.05) is 25.1 Å². The number of pyridine rings is 1. The lowest BCUT2D eigenvalue weighted by Crippen LogP contribution is -2.18. The molecule has 8 heteroatoms. The van der Waals surface area contributed by atoms with Crippen LogP contribution in [-0.4, -0.2) is 24.9 Å². The van der Waals surface area contributed by atoms with Crippen molar-refractivity contribution >= 4 is 15.7 Å². The lowest BCUT2D eigenvalue weighted by atomic mass is 10.1. The second-order valence-electron chi connectivity index (χ2n) is 6.80. The van der Waals surface area contributed by atoms with Crippen molar-refractivity contribution < 1.29 is 13.2 Å². The fraction of sp³-hybridized carbons (Fsp3) is 0.130.